The van der Waals surface area contributed by atoms with Crippen LogP contribution in [0.1, 0.15) is 96.4 Å². The van der Waals surface area contributed by atoms with Gasteiger partial charge in [0, 0.05) is 19.0 Å². The monoisotopic (exact) mass is 551 g/mol. The highest BCUT2D eigenvalue weighted by atomic mass is 16.6. The smallest absolute Gasteiger partial charge is 0.408 e. The quantitative estimate of drug-likeness (QED) is 0.263. The molecule has 0 radical (unpaired) electrons. The molecule has 2 N–H and O–H groups in total. The van der Waals surface area contributed by atoms with Gasteiger partial charge in [0.05, 0.1) is 0 Å². The number of hydrogen-bond donors (Lipinski definition) is 2. The molecule has 2 aromatic rings. The summed E-state index contributed by atoms with van der Waals surface area (Å²) in [5.74, 6) is -0.542. The number of benzene rings is 2. The van der Waals surface area contributed by atoms with Crippen LogP contribution in [0.4, 0.5) is 4.79 Å². The van der Waals surface area contributed by atoms with E-state index in [4.69, 9.17) is 4.74 Å². The van der Waals surface area contributed by atoms with Crippen molar-refractivity contribution in [2.75, 3.05) is 6.54 Å². The molecule has 2 aromatic carbocycles. The van der Waals surface area contributed by atoms with Crippen molar-refractivity contribution < 1.29 is 19.1 Å². The zero-order valence-corrected chi connectivity index (χ0v) is 25.5. The lowest BCUT2D eigenvalue weighted by Gasteiger charge is -2.35. The molecule has 2 unspecified atom stereocenters. The Bertz CT molecular complexity index is 1080. The molecule has 220 valence electrons. The Labute approximate surface area is 241 Å². The predicted molar refractivity (Wildman–Crippen MR) is 161 cm³/mol. The number of nitrogens with zero attached hydrogens (tertiary/aromatic N) is 1. The van der Waals surface area contributed by atoms with E-state index in [1.165, 1.54) is 0 Å². The fraction of sp³-hybridized carbons (Fsp3) is 0.545. The van der Waals surface area contributed by atoms with Gasteiger partial charge in [-0.15, -0.1) is 0 Å². The predicted octanol–water partition coefficient (Wildman–Crippen LogP) is 6.50. The first-order valence-corrected chi connectivity index (χ1v) is 14.6. The fourth-order valence-electron chi connectivity index (χ4n) is 4.66. The molecule has 2 atom stereocenters. The first kappa shape index (κ1) is 32.9. The molecule has 0 saturated heterocycles. The molecule has 7 heteroatoms. The minimum absolute atomic E-state index is 0.0967. The number of nitrogens with one attached hydrogen (secondary N) is 2. The van der Waals surface area contributed by atoms with E-state index in [9.17, 15) is 14.4 Å². The number of amides is 3. The van der Waals surface area contributed by atoms with Gasteiger partial charge in [-0.3, -0.25) is 9.59 Å². The van der Waals surface area contributed by atoms with Gasteiger partial charge in [0.2, 0.25) is 11.8 Å². The van der Waals surface area contributed by atoms with Crippen LogP contribution in [0.25, 0.3) is 0 Å². The van der Waals surface area contributed by atoms with E-state index in [-0.39, 0.29) is 24.3 Å². The summed E-state index contributed by atoms with van der Waals surface area (Å²) in [4.78, 5) is 42.8. The Morgan fingerprint density at radius 2 is 1.50 bits per heavy atom. The standard InChI is InChI=1S/C33H49N3O4/c1-8-9-10-11-17-22-36(29(30(37)34-24(2)3)27-21-16-15-18-25(27)4)31(38)28(23-26-19-13-12-14-20-26)35-32(39)40-33(5,6)7/h12-16,18-21,24,28-29H,8-11,17,22-23H2,1-7H3,(H,34,37)(H,35,39). The molecule has 0 aliphatic rings. The topological polar surface area (TPSA) is 87.7 Å². The number of rotatable bonds is 14. The number of ether oxygens (including phenoxy) is 1. The van der Waals surface area contributed by atoms with Gasteiger partial charge < -0.3 is 20.3 Å². The van der Waals surface area contributed by atoms with Gasteiger partial charge in [-0.05, 0) is 64.7 Å². The second-order valence-electron chi connectivity index (χ2n) is 11.8. The van der Waals surface area contributed by atoms with Crippen molar-refractivity contribution in [2.45, 2.75) is 111 Å². The summed E-state index contributed by atoms with van der Waals surface area (Å²) in [6.07, 6.45) is 4.63. The third-order valence-corrected chi connectivity index (χ3v) is 6.53. The van der Waals surface area contributed by atoms with Crippen molar-refractivity contribution in [1.29, 1.82) is 0 Å². The van der Waals surface area contributed by atoms with Crippen molar-refractivity contribution in [3.63, 3.8) is 0 Å². The van der Waals surface area contributed by atoms with Crippen molar-refractivity contribution in [3.05, 3.63) is 71.3 Å². The highest BCUT2D eigenvalue weighted by Crippen LogP contribution is 2.27. The molecule has 0 bridgehead atoms. The molecule has 0 saturated carbocycles. The summed E-state index contributed by atoms with van der Waals surface area (Å²) in [6, 6.07) is 15.4. The van der Waals surface area contributed by atoms with Crippen LogP contribution in [0.3, 0.4) is 0 Å². The maximum absolute atomic E-state index is 14.5. The van der Waals surface area contributed by atoms with Gasteiger partial charge in [-0.25, -0.2) is 4.79 Å². The summed E-state index contributed by atoms with van der Waals surface area (Å²) in [5, 5.41) is 5.86. The minimum Gasteiger partial charge on any atom is -0.444 e. The molecule has 3 amide bonds. The number of alkyl carbamates (subject to hydrolysis) is 1. The van der Waals surface area contributed by atoms with E-state index < -0.39 is 23.8 Å². The summed E-state index contributed by atoms with van der Waals surface area (Å²) >= 11 is 0. The first-order valence-electron chi connectivity index (χ1n) is 14.6. The SMILES string of the molecule is CCCCCCCN(C(=O)C(Cc1ccccc1)NC(=O)OC(C)(C)C)C(C(=O)NC(C)C)c1ccccc1C. The number of carbonyl (C=O) groups excluding carboxylic acids is 3. The zero-order chi connectivity index (χ0) is 29.7. The second-order valence-corrected chi connectivity index (χ2v) is 11.8. The van der Waals surface area contributed by atoms with E-state index >= 15 is 0 Å². The molecule has 40 heavy (non-hydrogen) atoms. The molecule has 0 aliphatic carbocycles. The second kappa shape index (κ2) is 16.0. The van der Waals surface area contributed by atoms with Crippen LogP contribution < -0.4 is 10.6 Å². The van der Waals surface area contributed by atoms with Crippen molar-refractivity contribution in [3.8, 4) is 0 Å². The number of carbonyl (C=O) groups is 3. The lowest BCUT2D eigenvalue weighted by atomic mass is 9.96. The Hall–Kier alpha value is -3.35. The Balaban J connectivity index is 2.53. The van der Waals surface area contributed by atoms with Gasteiger partial charge in [0.25, 0.3) is 0 Å². The number of aryl methyl sites for hydroxylation is 1. The van der Waals surface area contributed by atoms with Crippen LogP contribution in [-0.2, 0) is 20.7 Å². The molecule has 0 aromatic heterocycles. The Morgan fingerprint density at radius 3 is 2.10 bits per heavy atom. The molecule has 7 nitrogen and oxygen atoms in total. The highest BCUT2D eigenvalue weighted by Gasteiger charge is 2.37. The van der Waals surface area contributed by atoms with E-state index in [1.807, 2.05) is 75.4 Å². The zero-order valence-electron chi connectivity index (χ0n) is 25.5. The molecular formula is C33H49N3O4. The van der Waals surface area contributed by atoms with Crippen LogP contribution in [0.5, 0.6) is 0 Å². The molecule has 0 aliphatic heterocycles. The maximum atomic E-state index is 14.5. The van der Waals surface area contributed by atoms with Crippen LogP contribution in [0.15, 0.2) is 54.6 Å². The van der Waals surface area contributed by atoms with Gasteiger partial charge >= 0.3 is 6.09 Å². The maximum Gasteiger partial charge on any atom is 0.408 e. The summed E-state index contributed by atoms with van der Waals surface area (Å²) in [5.41, 5.74) is 1.89. The normalized spacial score (nSPS) is 12.9. The largest absolute Gasteiger partial charge is 0.444 e. The van der Waals surface area contributed by atoms with E-state index in [0.717, 1.165) is 48.8 Å². The Morgan fingerprint density at radius 1 is 0.875 bits per heavy atom. The fourth-order valence-corrected chi connectivity index (χ4v) is 4.66. The van der Waals surface area contributed by atoms with Gasteiger partial charge in [-0.2, -0.15) is 0 Å². The number of hydrogen-bond acceptors (Lipinski definition) is 4. The van der Waals surface area contributed by atoms with E-state index in [1.54, 1.807) is 25.7 Å². The van der Waals surface area contributed by atoms with Gasteiger partial charge in [0.15, 0.2) is 0 Å². The number of unbranched alkanes of at least 4 members (excludes halogenated alkanes) is 4. The van der Waals surface area contributed by atoms with E-state index in [0.29, 0.717) is 6.54 Å². The third-order valence-electron chi connectivity index (χ3n) is 6.53. The van der Waals surface area contributed by atoms with Crippen LogP contribution in [0.2, 0.25) is 0 Å². The van der Waals surface area contributed by atoms with Gasteiger partial charge in [0.1, 0.15) is 17.7 Å². The minimum atomic E-state index is -0.911. The van der Waals surface area contributed by atoms with Crippen molar-refractivity contribution in [2.24, 2.45) is 0 Å². The first-order chi connectivity index (χ1) is 18.9. The third kappa shape index (κ3) is 11.0. The highest BCUT2D eigenvalue weighted by molar-refractivity contribution is 5.92. The Kier molecular flexibility index (Phi) is 13.2. The van der Waals surface area contributed by atoms with Crippen molar-refractivity contribution in [1.82, 2.24) is 15.5 Å². The molecular weight excluding hydrogens is 502 g/mol. The summed E-state index contributed by atoms with van der Waals surface area (Å²) in [7, 11) is 0. The molecule has 2 rings (SSSR count). The van der Waals surface area contributed by atoms with Crippen molar-refractivity contribution >= 4 is 17.9 Å². The summed E-state index contributed by atoms with van der Waals surface area (Å²) in [6.45, 7) is 13.7. The van der Waals surface area contributed by atoms with Crippen LogP contribution in [-0.4, -0.2) is 47.0 Å². The molecule has 0 fully saturated rings. The van der Waals surface area contributed by atoms with Crippen LogP contribution in [0, 0.1) is 6.92 Å². The lowest BCUT2D eigenvalue weighted by Crippen LogP contribution is -2.54. The lowest BCUT2D eigenvalue weighted by molar-refractivity contribution is -0.142. The molecule has 0 spiro atoms. The van der Waals surface area contributed by atoms with Gasteiger partial charge in [-0.1, -0.05) is 87.2 Å². The van der Waals surface area contributed by atoms with E-state index in [2.05, 4.69) is 17.6 Å². The van der Waals surface area contributed by atoms with Crippen LogP contribution >= 0.6 is 0 Å². The average molecular weight is 552 g/mol. The molecule has 0 heterocycles. The summed E-state index contributed by atoms with van der Waals surface area (Å²) < 4.78 is 5.53. The average Bonchev–Trinajstić information content (AvgIpc) is 2.87.